The van der Waals surface area contributed by atoms with Gasteiger partial charge in [0.15, 0.2) is 18.4 Å². The molecule has 0 bridgehead atoms. The van der Waals surface area contributed by atoms with Crippen molar-refractivity contribution in [1.82, 2.24) is 9.55 Å². The van der Waals surface area contributed by atoms with E-state index in [1.165, 1.54) is 13.3 Å². The van der Waals surface area contributed by atoms with Gasteiger partial charge in [0, 0.05) is 0 Å². The number of esters is 2. The maximum atomic E-state index is 12.9. The number of carbonyl (C=O) groups is 2. The molecule has 0 spiro atoms. The summed E-state index contributed by atoms with van der Waals surface area (Å²) in [6.45, 7) is 1.81. The number of nitrogens with one attached hydrogen (secondary N) is 1. The quantitative estimate of drug-likeness (QED) is 0.511. The Balaban J connectivity index is 1.73. The maximum absolute atomic E-state index is 12.9. The van der Waals surface area contributed by atoms with Crippen LogP contribution in [0.5, 0.6) is 5.75 Å². The van der Waals surface area contributed by atoms with E-state index < -0.39 is 47.7 Å². The molecule has 1 saturated heterocycles. The Kier molecular flexibility index (Phi) is 7.11. The second-order valence-corrected chi connectivity index (χ2v) is 7.81. The van der Waals surface area contributed by atoms with Crippen LogP contribution in [0.1, 0.15) is 40.3 Å². The van der Waals surface area contributed by atoms with E-state index >= 15 is 0 Å². The fraction of sp³-hybridized carbons (Fsp3) is 0.280. The number of H-pyrrole nitrogens is 1. The molecule has 2 heterocycles. The first-order chi connectivity index (χ1) is 16.9. The standard InChI is InChI=1S/C25H24N2O8/c1-3-17-19(34-23(29)15-10-6-4-7-11-15)20(35-24(30)16-12-8-5-9-13-16)22(33-17)27-14-18(32-2)21(28)26-25(27)31/h4-14,17,19-20,22H,3H2,1-2H3,(H,26,28,31)/t17-,19?,20+,22-/m1/s1. The smallest absolute Gasteiger partial charge is 0.338 e. The van der Waals surface area contributed by atoms with E-state index in [-0.39, 0.29) is 11.3 Å². The van der Waals surface area contributed by atoms with Gasteiger partial charge in [0.05, 0.1) is 24.4 Å². The highest BCUT2D eigenvalue weighted by molar-refractivity contribution is 5.90. The fourth-order valence-electron chi connectivity index (χ4n) is 3.86. The van der Waals surface area contributed by atoms with Crippen molar-refractivity contribution in [3.8, 4) is 5.75 Å². The molecule has 0 radical (unpaired) electrons. The highest BCUT2D eigenvalue weighted by Gasteiger charge is 2.50. The zero-order valence-electron chi connectivity index (χ0n) is 19.1. The molecule has 3 aromatic rings. The van der Waals surface area contributed by atoms with E-state index in [1.54, 1.807) is 60.7 Å². The van der Waals surface area contributed by atoms with Crippen LogP contribution in [-0.4, -0.2) is 46.9 Å². The van der Waals surface area contributed by atoms with Gasteiger partial charge in [-0.1, -0.05) is 43.3 Å². The van der Waals surface area contributed by atoms with Gasteiger partial charge in [0.25, 0.3) is 5.56 Å². The number of methoxy groups -OCH3 is 1. The SMILES string of the molecule is CC[C@H]1O[C@@H](n2cc(OC)c(=O)[nH]c2=O)[C@@H](OC(=O)c2ccccc2)C1OC(=O)c1ccccc1. The normalized spacial score (nSPS) is 21.3. The number of hydrogen-bond donors (Lipinski definition) is 1. The van der Waals surface area contributed by atoms with Gasteiger partial charge in [-0.25, -0.2) is 14.4 Å². The molecule has 1 N–H and O–H groups in total. The molecular formula is C25H24N2O8. The minimum absolute atomic E-state index is 0.140. The Morgan fingerprint density at radius 2 is 1.46 bits per heavy atom. The molecule has 1 aliphatic rings. The molecule has 1 unspecified atom stereocenters. The lowest BCUT2D eigenvalue weighted by Gasteiger charge is -2.25. The average molecular weight is 480 g/mol. The Bertz CT molecular complexity index is 1300. The van der Waals surface area contributed by atoms with Crippen LogP contribution in [0.25, 0.3) is 0 Å². The fourth-order valence-corrected chi connectivity index (χ4v) is 3.86. The van der Waals surface area contributed by atoms with Crippen LogP contribution in [0.4, 0.5) is 0 Å². The summed E-state index contributed by atoms with van der Waals surface area (Å²) in [6.07, 6.45) is -2.57. The largest absolute Gasteiger partial charge is 0.490 e. The van der Waals surface area contributed by atoms with Gasteiger partial charge in [0.2, 0.25) is 5.75 Å². The highest BCUT2D eigenvalue weighted by atomic mass is 16.6. The van der Waals surface area contributed by atoms with Crippen LogP contribution in [0.2, 0.25) is 0 Å². The predicted octanol–water partition coefficient (Wildman–Crippen LogP) is 2.30. The van der Waals surface area contributed by atoms with Crippen molar-refractivity contribution in [2.75, 3.05) is 7.11 Å². The third-order valence-electron chi connectivity index (χ3n) is 5.62. The maximum Gasteiger partial charge on any atom is 0.338 e. The monoisotopic (exact) mass is 480 g/mol. The van der Waals surface area contributed by atoms with E-state index in [0.717, 1.165) is 4.57 Å². The number of rotatable bonds is 7. The first kappa shape index (κ1) is 24.0. The molecule has 182 valence electrons. The molecule has 1 fully saturated rings. The first-order valence-electron chi connectivity index (χ1n) is 11.0. The van der Waals surface area contributed by atoms with Crippen LogP contribution < -0.4 is 16.0 Å². The van der Waals surface area contributed by atoms with Crippen molar-refractivity contribution in [3.05, 3.63) is 98.8 Å². The zero-order valence-corrected chi connectivity index (χ0v) is 19.1. The van der Waals surface area contributed by atoms with Crippen molar-refractivity contribution in [2.45, 2.75) is 37.9 Å². The predicted molar refractivity (Wildman–Crippen MR) is 123 cm³/mol. The minimum Gasteiger partial charge on any atom is -0.490 e. The summed E-state index contributed by atoms with van der Waals surface area (Å²) in [6, 6.07) is 16.6. The number of ether oxygens (including phenoxy) is 4. The Hall–Kier alpha value is -4.18. The van der Waals surface area contributed by atoms with Gasteiger partial charge in [-0.3, -0.25) is 14.3 Å². The van der Waals surface area contributed by atoms with Crippen LogP contribution in [0, 0.1) is 0 Å². The van der Waals surface area contributed by atoms with Crippen LogP contribution in [-0.2, 0) is 14.2 Å². The Morgan fingerprint density at radius 3 is 1.97 bits per heavy atom. The van der Waals surface area contributed by atoms with Crippen molar-refractivity contribution in [1.29, 1.82) is 0 Å². The lowest BCUT2D eigenvalue weighted by molar-refractivity contribution is -0.0529. The van der Waals surface area contributed by atoms with E-state index in [0.29, 0.717) is 12.0 Å². The summed E-state index contributed by atoms with van der Waals surface area (Å²) in [5.74, 6) is -1.46. The molecule has 35 heavy (non-hydrogen) atoms. The first-order valence-corrected chi connectivity index (χ1v) is 11.0. The van der Waals surface area contributed by atoms with E-state index in [1.807, 2.05) is 6.92 Å². The molecule has 1 aliphatic heterocycles. The summed E-state index contributed by atoms with van der Waals surface area (Å²) >= 11 is 0. The summed E-state index contributed by atoms with van der Waals surface area (Å²) in [4.78, 5) is 52.6. The van der Waals surface area contributed by atoms with Crippen molar-refractivity contribution < 1.29 is 28.5 Å². The Morgan fingerprint density at radius 1 is 0.914 bits per heavy atom. The van der Waals surface area contributed by atoms with Crippen LogP contribution in [0.15, 0.2) is 76.4 Å². The van der Waals surface area contributed by atoms with Crippen LogP contribution >= 0.6 is 0 Å². The summed E-state index contributed by atoms with van der Waals surface area (Å²) in [7, 11) is 1.28. The number of carbonyl (C=O) groups excluding carboxylic acids is 2. The number of hydrogen-bond acceptors (Lipinski definition) is 8. The molecule has 0 saturated carbocycles. The van der Waals surface area contributed by atoms with E-state index in [2.05, 4.69) is 4.98 Å². The van der Waals surface area contributed by atoms with Gasteiger partial charge in [-0.05, 0) is 30.7 Å². The zero-order chi connectivity index (χ0) is 24.9. The van der Waals surface area contributed by atoms with Crippen molar-refractivity contribution >= 4 is 11.9 Å². The molecule has 4 atom stereocenters. The molecular weight excluding hydrogens is 456 g/mol. The third kappa shape index (κ3) is 5.02. The summed E-state index contributed by atoms with van der Waals surface area (Å²) < 4.78 is 23.7. The van der Waals surface area contributed by atoms with Crippen LogP contribution in [0.3, 0.4) is 0 Å². The van der Waals surface area contributed by atoms with Gasteiger partial charge >= 0.3 is 17.6 Å². The highest BCUT2D eigenvalue weighted by Crippen LogP contribution is 2.35. The number of benzene rings is 2. The topological polar surface area (TPSA) is 126 Å². The number of nitrogens with zero attached hydrogens (tertiary/aromatic N) is 1. The van der Waals surface area contributed by atoms with Gasteiger partial charge in [0.1, 0.15) is 6.10 Å². The van der Waals surface area contributed by atoms with E-state index in [4.69, 9.17) is 18.9 Å². The molecule has 10 nitrogen and oxygen atoms in total. The summed E-state index contributed by atoms with van der Waals surface area (Å²) in [5, 5.41) is 0. The van der Waals surface area contributed by atoms with Crippen molar-refractivity contribution in [2.24, 2.45) is 0 Å². The summed E-state index contributed by atoms with van der Waals surface area (Å²) in [5.41, 5.74) is -0.942. The van der Waals surface area contributed by atoms with Gasteiger partial charge in [-0.15, -0.1) is 0 Å². The molecule has 1 aromatic heterocycles. The second kappa shape index (κ2) is 10.4. The lowest BCUT2D eigenvalue weighted by atomic mass is 10.1. The van der Waals surface area contributed by atoms with E-state index in [9.17, 15) is 19.2 Å². The Labute approximate surface area is 200 Å². The second-order valence-electron chi connectivity index (χ2n) is 7.81. The molecule has 0 aliphatic carbocycles. The molecule has 10 heteroatoms. The minimum atomic E-state index is -1.20. The van der Waals surface area contributed by atoms with Gasteiger partial charge in [-0.2, -0.15) is 0 Å². The number of aromatic amines is 1. The molecule has 0 amide bonds. The van der Waals surface area contributed by atoms with Gasteiger partial charge < -0.3 is 18.9 Å². The number of aromatic nitrogens is 2. The molecule has 4 rings (SSSR count). The van der Waals surface area contributed by atoms with Crippen molar-refractivity contribution in [3.63, 3.8) is 0 Å². The third-order valence-corrected chi connectivity index (χ3v) is 5.62. The average Bonchev–Trinajstić information content (AvgIpc) is 3.21. The molecule has 2 aromatic carbocycles. The lowest BCUT2D eigenvalue weighted by Crippen LogP contribution is -2.42.